The highest BCUT2D eigenvalue weighted by Gasteiger charge is 2.14. The number of hydrogen-bond acceptors (Lipinski definition) is 4. The molecular formula is C9H15N3O2. The van der Waals surface area contributed by atoms with Crippen LogP contribution in [0.1, 0.15) is 31.0 Å². The zero-order valence-corrected chi connectivity index (χ0v) is 8.94. The second kappa shape index (κ2) is 4.21. The molecule has 1 rings (SSSR count). The fraction of sp³-hybridized carbons (Fsp3) is 0.667. The van der Waals surface area contributed by atoms with Gasteiger partial charge in [0.1, 0.15) is 11.6 Å². The highest BCUT2D eigenvalue weighted by Crippen LogP contribution is 2.12. The van der Waals surface area contributed by atoms with Crippen LogP contribution in [-0.2, 0) is 9.53 Å². The number of carbonyl (C=O) groups is 1. The quantitative estimate of drug-likeness (QED) is 0.679. The molecule has 1 heterocycles. The first-order valence-electron chi connectivity index (χ1n) is 4.51. The van der Waals surface area contributed by atoms with Crippen molar-refractivity contribution in [3.8, 4) is 0 Å². The Kier molecular flexibility index (Phi) is 3.22. The van der Waals surface area contributed by atoms with Gasteiger partial charge in [0.15, 0.2) is 0 Å². The van der Waals surface area contributed by atoms with Gasteiger partial charge in [-0.1, -0.05) is 0 Å². The van der Waals surface area contributed by atoms with Gasteiger partial charge in [-0.05, 0) is 20.8 Å². The molecule has 5 nitrogen and oxygen atoms in total. The second-order valence-corrected chi connectivity index (χ2v) is 3.28. The van der Waals surface area contributed by atoms with E-state index in [1.807, 2.05) is 20.8 Å². The molecule has 1 unspecified atom stereocenters. The Labute approximate surface area is 83.1 Å². The van der Waals surface area contributed by atoms with Crippen LogP contribution >= 0.6 is 0 Å². The second-order valence-electron chi connectivity index (χ2n) is 3.28. The summed E-state index contributed by atoms with van der Waals surface area (Å²) < 4.78 is 6.33. The van der Waals surface area contributed by atoms with Crippen LogP contribution in [0.4, 0.5) is 0 Å². The van der Waals surface area contributed by atoms with Crippen molar-refractivity contribution in [2.24, 2.45) is 0 Å². The molecule has 0 saturated carbocycles. The molecule has 0 radical (unpaired) electrons. The average Bonchev–Trinajstić information content (AvgIpc) is 2.45. The summed E-state index contributed by atoms with van der Waals surface area (Å²) in [6.45, 7) is 5.61. The Balaban J connectivity index is 2.73. The Bertz CT molecular complexity index is 333. The van der Waals surface area contributed by atoms with E-state index in [4.69, 9.17) is 0 Å². The lowest BCUT2D eigenvalue weighted by molar-refractivity contribution is -0.141. The Morgan fingerprint density at radius 1 is 1.57 bits per heavy atom. The zero-order chi connectivity index (χ0) is 10.7. The molecule has 0 fully saturated rings. The van der Waals surface area contributed by atoms with Gasteiger partial charge < -0.3 is 4.74 Å². The molecule has 0 aromatic carbocycles. The average molecular weight is 197 g/mol. The lowest BCUT2D eigenvalue weighted by Gasteiger charge is -2.11. The molecule has 0 saturated heterocycles. The molecule has 1 aromatic rings. The highest BCUT2D eigenvalue weighted by atomic mass is 16.5. The van der Waals surface area contributed by atoms with E-state index in [9.17, 15) is 4.79 Å². The number of carbonyl (C=O) groups excluding carboxylic acids is 1. The number of aromatic nitrogens is 3. The minimum absolute atomic E-state index is 0.0105. The number of hydrogen-bond donors (Lipinski definition) is 0. The molecule has 0 aliphatic rings. The van der Waals surface area contributed by atoms with Crippen molar-refractivity contribution in [3.05, 3.63) is 11.6 Å². The first kappa shape index (κ1) is 10.7. The van der Waals surface area contributed by atoms with E-state index in [0.717, 1.165) is 11.6 Å². The molecule has 0 bridgehead atoms. The predicted octanol–water partition coefficient (Wildman–Crippen LogP) is 1.02. The molecular weight excluding hydrogens is 182 g/mol. The largest absolute Gasteiger partial charge is 0.469 e. The topological polar surface area (TPSA) is 57.0 Å². The van der Waals surface area contributed by atoms with Gasteiger partial charge in [-0.15, -0.1) is 0 Å². The van der Waals surface area contributed by atoms with Crippen LogP contribution < -0.4 is 0 Å². The van der Waals surface area contributed by atoms with Crippen LogP contribution in [0, 0.1) is 13.8 Å². The summed E-state index contributed by atoms with van der Waals surface area (Å²) in [4.78, 5) is 15.2. The Morgan fingerprint density at radius 2 is 2.21 bits per heavy atom. The van der Waals surface area contributed by atoms with E-state index in [0.29, 0.717) is 6.42 Å². The maximum Gasteiger partial charge on any atom is 0.307 e. The summed E-state index contributed by atoms with van der Waals surface area (Å²) in [7, 11) is 1.38. The van der Waals surface area contributed by atoms with Crippen molar-refractivity contribution in [1.29, 1.82) is 0 Å². The van der Waals surface area contributed by atoms with Gasteiger partial charge in [0.2, 0.25) is 0 Å². The van der Waals surface area contributed by atoms with Crippen molar-refractivity contribution in [3.63, 3.8) is 0 Å². The monoisotopic (exact) mass is 197 g/mol. The van der Waals surface area contributed by atoms with Gasteiger partial charge in [-0.2, -0.15) is 5.10 Å². The molecule has 1 atom stereocenters. The highest BCUT2D eigenvalue weighted by molar-refractivity contribution is 5.69. The van der Waals surface area contributed by atoms with Crippen LogP contribution in [0.3, 0.4) is 0 Å². The van der Waals surface area contributed by atoms with E-state index in [1.165, 1.54) is 7.11 Å². The van der Waals surface area contributed by atoms with E-state index in [1.54, 1.807) is 4.68 Å². The van der Waals surface area contributed by atoms with Crippen LogP contribution in [0.2, 0.25) is 0 Å². The van der Waals surface area contributed by atoms with E-state index >= 15 is 0 Å². The van der Waals surface area contributed by atoms with Gasteiger partial charge in [0.25, 0.3) is 0 Å². The minimum Gasteiger partial charge on any atom is -0.469 e. The molecule has 14 heavy (non-hydrogen) atoms. The lowest BCUT2D eigenvalue weighted by Crippen LogP contribution is -2.14. The molecule has 1 aromatic heterocycles. The summed E-state index contributed by atoms with van der Waals surface area (Å²) in [5.41, 5.74) is 0. The Morgan fingerprint density at radius 3 is 2.64 bits per heavy atom. The number of rotatable bonds is 3. The summed E-state index contributed by atoms with van der Waals surface area (Å²) in [6, 6.07) is -0.0105. The van der Waals surface area contributed by atoms with Crippen LogP contribution in [0.15, 0.2) is 0 Å². The number of aryl methyl sites for hydroxylation is 2. The zero-order valence-electron chi connectivity index (χ0n) is 8.94. The molecule has 0 spiro atoms. The van der Waals surface area contributed by atoms with Crippen LogP contribution in [0.25, 0.3) is 0 Å². The molecule has 0 amide bonds. The third-order valence-corrected chi connectivity index (χ3v) is 2.01. The third kappa shape index (κ3) is 2.31. The van der Waals surface area contributed by atoms with E-state index in [-0.39, 0.29) is 12.0 Å². The molecule has 0 N–H and O–H groups in total. The molecule has 78 valence electrons. The smallest absolute Gasteiger partial charge is 0.307 e. The van der Waals surface area contributed by atoms with E-state index in [2.05, 4.69) is 14.8 Å². The van der Waals surface area contributed by atoms with Crippen LogP contribution in [-0.4, -0.2) is 27.8 Å². The fourth-order valence-corrected chi connectivity index (χ4v) is 1.36. The summed E-state index contributed by atoms with van der Waals surface area (Å²) in [6.07, 6.45) is 0.320. The number of methoxy groups -OCH3 is 1. The van der Waals surface area contributed by atoms with Crippen LogP contribution in [0.5, 0.6) is 0 Å². The maximum atomic E-state index is 11.0. The number of ether oxygens (including phenoxy) is 1. The number of esters is 1. The van der Waals surface area contributed by atoms with Gasteiger partial charge in [0, 0.05) is 0 Å². The van der Waals surface area contributed by atoms with E-state index < -0.39 is 0 Å². The predicted molar refractivity (Wildman–Crippen MR) is 50.8 cm³/mol. The van der Waals surface area contributed by atoms with Gasteiger partial charge in [-0.25, -0.2) is 9.67 Å². The summed E-state index contributed by atoms with van der Waals surface area (Å²) in [5, 5.41) is 4.20. The van der Waals surface area contributed by atoms with Crippen molar-refractivity contribution >= 4 is 5.97 Å². The number of nitrogens with zero attached hydrogens (tertiary/aromatic N) is 3. The van der Waals surface area contributed by atoms with Crippen molar-refractivity contribution < 1.29 is 9.53 Å². The molecule has 0 aliphatic heterocycles. The minimum atomic E-state index is -0.231. The Hall–Kier alpha value is -1.39. The normalized spacial score (nSPS) is 12.6. The first-order valence-corrected chi connectivity index (χ1v) is 4.51. The fourth-order valence-electron chi connectivity index (χ4n) is 1.36. The molecule has 0 aliphatic carbocycles. The van der Waals surface area contributed by atoms with Crippen molar-refractivity contribution in [2.45, 2.75) is 33.2 Å². The third-order valence-electron chi connectivity index (χ3n) is 2.01. The maximum absolute atomic E-state index is 11.0. The molecule has 5 heteroatoms. The lowest BCUT2D eigenvalue weighted by atomic mass is 10.2. The standard InChI is InChI=1S/C9H15N3O2/c1-6(5-9(13)14-4)12-8(3)10-7(2)11-12/h6H,5H2,1-4H3. The van der Waals surface area contributed by atoms with Crippen molar-refractivity contribution in [1.82, 2.24) is 14.8 Å². The van der Waals surface area contributed by atoms with Gasteiger partial charge in [-0.3, -0.25) is 4.79 Å². The van der Waals surface area contributed by atoms with Crippen molar-refractivity contribution in [2.75, 3.05) is 7.11 Å². The van der Waals surface area contributed by atoms with Gasteiger partial charge >= 0.3 is 5.97 Å². The summed E-state index contributed by atoms with van der Waals surface area (Å²) >= 11 is 0. The SMILES string of the molecule is COC(=O)CC(C)n1nc(C)nc1C. The van der Waals surface area contributed by atoms with Gasteiger partial charge in [0.05, 0.1) is 19.6 Å². The summed E-state index contributed by atoms with van der Waals surface area (Å²) in [5.74, 6) is 1.31. The first-order chi connectivity index (χ1) is 6.54.